The summed E-state index contributed by atoms with van der Waals surface area (Å²) in [4.78, 5) is 23.2. The van der Waals surface area contributed by atoms with E-state index in [2.05, 4.69) is 11.4 Å². The number of ether oxygens (including phenoxy) is 1. The Kier molecular flexibility index (Phi) is 7.23. The fraction of sp³-hybridized carbons (Fsp3) is 0.625. The van der Waals surface area contributed by atoms with Crippen molar-refractivity contribution in [3.63, 3.8) is 0 Å². The number of ketones is 1. The van der Waals surface area contributed by atoms with Crippen molar-refractivity contribution < 1.29 is 14.3 Å². The number of hydrogen-bond acceptors (Lipinski definition) is 4. The summed E-state index contributed by atoms with van der Waals surface area (Å²) in [6.45, 7) is 7.19. The topological polar surface area (TPSA) is 55.4 Å². The lowest BCUT2D eigenvalue weighted by atomic mass is 10.1. The van der Waals surface area contributed by atoms with Crippen LogP contribution in [0.4, 0.5) is 0 Å². The van der Waals surface area contributed by atoms with E-state index in [-0.39, 0.29) is 12.6 Å². The summed E-state index contributed by atoms with van der Waals surface area (Å²) in [7, 11) is 0. The van der Waals surface area contributed by atoms with Gasteiger partial charge >= 0.3 is 5.97 Å². The Morgan fingerprint density at radius 1 is 1.30 bits per heavy atom. The SMILES string of the molecule is CC(C)=CCCC(C)=CC(=O)C(=O)OCC1CCCN1. The molecule has 0 spiro atoms. The van der Waals surface area contributed by atoms with Crippen LogP contribution in [0, 0.1) is 0 Å². The largest absolute Gasteiger partial charge is 0.458 e. The van der Waals surface area contributed by atoms with E-state index in [1.165, 1.54) is 11.6 Å². The van der Waals surface area contributed by atoms with E-state index in [4.69, 9.17) is 4.74 Å². The van der Waals surface area contributed by atoms with Gasteiger partial charge in [0, 0.05) is 6.04 Å². The average Bonchev–Trinajstić information content (AvgIpc) is 2.88. The molecule has 0 amide bonds. The molecular weight excluding hydrogens is 254 g/mol. The highest BCUT2D eigenvalue weighted by molar-refractivity contribution is 6.38. The van der Waals surface area contributed by atoms with Gasteiger partial charge in [-0.05, 0) is 59.1 Å². The molecule has 1 aliphatic heterocycles. The second-order valence-electron chi connectivity index (χ2n) is 5.57. The fourth-order valence-electron chi connectivity index (χ4n) is 2.09. The Hall–Kier alpha value is -1.42. The van der Waals surface area contributed by atoms with E-state index in [1.54, 1.807) is 0 Å². The molecule has 1 saturated heterocycles. The maximum atomic E-state index is 11.7. The lowest BCUT2D eigenvalue weighted by Gasteiger charge is -2.09. The van der Waals surface area contributed by atoms with Crippen LogP contribution in [0.3, 0.4) is 0 Å². The molecule has 1 N–H and O–H groups in total. The van der Waals surface area contributed by atoms with E-state index in [9.17, 15) is 9.59 Å². The molecule has 1 rings (SSSR count). The molecular formula is C16H25NO3. The molecule has 1 heterocycles. The third-order valence-corrected chi connectivity index (χ3v) is 3.25. The van der Waals surface area contributed by atoms with E-state index in [0.717, 1.165) is 37.8 Å². The van der Waals surface area contributed by atoms with Crippen LogP contribution in [-0.2, 0) is 14.3 Å². The van der Waals surface area contributed by atoms with Gasteiger partial charge in [-0.1, -0.05) is 17.2 Å². The number of carbonyl (C=O) groups excluding carboxylic acids is 2. The smallest absolute Gasteiger partial charge is 0.379 e. The van der Waals surface area contributed by atoms with Gasteiger partial charge in [-0.25, -0.2) is 4.79 Å². The summed E-state index contributed by atoms with van der Waals surface area (Å²) in [5.74, 6) is -1.31. The van der Waals surface area contributed by atoms with Crippen LogP contribution >= 0.6 is 0 Å². The first-order valence-electron chi connectivity index (χ1n) is 7.24. The third kappa shape index (κ3) is 6.66. The molecule has 0 aromatic carbocycles. The van der Waals surface area contributed by atoms with Gasteiger partial charge in [0.05, 0.1) is 0 Å². The van der Waals surface area contributed by atoms with Crippen molar-refractivity contribution in [2.75, 3.05) is 13.2 Å². The van der Waals surface area contributed by atoms with Crippen LogP contribution in [0.15, 0.2) is 23.3 Å². The zero-order chi connectivity index (χ0) is 15.0. The molecule has 4 heteroatoms. The van der Waals surface area contributed by atoms with Gasteiger partial charge in [-0.15, -0.1) is 0 Å². The summed E-state index contributed by atoms with van der Waals surface area (Å²) < 4.78 is 5.02. The summed E-state index contributed by atoms with van der Waals surface area (Å²) in [5.41, 5.74) is 2.16. The number of allylic oxidation sites excluding steroid dienone is 3. The van der Waals surface area contributed by atoms with Crippen molar-refractivity contribution in [3.8, 4) is 0 Å². The number of carbonyl (C=O) groups is 2. The molecule has 0 aromatic rings. The maximum Gasteiger partial charge on any atom is 0.379 e. The molecule has 1 unspecified atom stereocenters. The Labute approximate surface area is 121 Å². The standard InChI is InChI=1S/C16H25NO3/c1-12(2)6-4-7-13(3)10-15(18)16(19)20-11-14-8-5-9-17-14/h6,10,14,17H,4-5,7-9,11H2,1-3H3. The van der Waals surface area contributed by atoms with Gasteiger partial charge in [-0.3, -0.25) is 4.79 Å². The summed E-state index contributed by atoms with van der Waals surface area (Å²) in [6, 6.07) is 0.203. The van der Waals surface area contributed by atoms with Gasteiger partial charge in [0.1, 0.15) is 6.61 Å². The van der Waals surface area contributed by atoms with E-state index >= 15 is 0 Å². The van der Waals surface area contributed by atoms with Crippen LogP contribution in [-0.4, -0.2) is 30.9 Å². The van der Waals surface area contributed by atoms with Gasteiger partial charge in [0.25, 0.3) is 5.78 Å². The number of nitrogens with one attached hydrogen (secondary N) is 1. The van der Waals surface area contributed by atoms with Crippen LogP contribution in [0.25, 0.3) is 0 Å². The highest BCUT2D eigenvalue weighted by Gasteiger charge is 2.18. The zero-order valence-electron chi connectivity index (χ0n) is 12.7. The summed E-state index contributed by atoms with van der Waals surface area (Å²) >= 11 is 0. The first-order valence-corrected chi connectivity index (χ1v) is 7.24. The first-order chi connectivity index (χ1) is 9.49. The van der Waals surface area contributed by atoms with Crippen LogP contribution in [0.1, 0.15) is 46.5 Å². The fourth-order valence-corrected chi connectivity index (χ4v) is 2.09. The van der Waals surface area contributed by atoms with E-state index in [0.29, 0.717) is 0 Å². The summed E-state index contributed by atoms with van der Waals surface area (Å²) in [6.07, 6.45) is 7.28. The highest BCUT2D eigenvalue weighted by atomic mass is 16.5. The Morgan fingerprint density at radius 2 is 2.05 bits per heavy atom. The highest BCUT2D eigenvalue weighted by Crippen LogP contribution is 2.08. The normalized spacial score (nSPS) is 18.8. The number of rotatable bonds is 7. The molecule has 0 saturated carbocycles. The minimum Gasteiger partial charge on any atom is -0.458 e. The van der Waals surface area contributed by atoms with Crippen molar-refractivity contribution >= 4 is 11.8 Å². The van der Waals surface area contributed by atoms with Crippen molar-refractivity contribution in [2.45, 2.75) is 52.5 Å². The Bertz CT molecular complexity index is 400. The van der Waals surface area contributed by atoms with Gasteiger partial charge in [-0.2, -0.15) is 0 Å². The third-order valence-electron chi connectivity index (χ3n) is 3.25. The number of hydrogen-bond donors (Lipinski definition) is 1. The Morgan fingerprint density at radius 3 is 2.65 bits per heavy atom. The summed E-state index contributed by atoms with van der Waals surface area (Å²) in [5, 5.41) is 3.22. The van der Waals surface area contributed by atoms with E-state index in [1.807, 2.05) is 20.8 Å². The van der Waals surface area contributed by atoms with Crippen LogP contribution < -0.4 is 5.32 Å². The van der Waals surface area contributed by atoms with Crippen molar-refractivity contribution in [1.29, 1.82) is 0 Å². The molecule has 112 valence electrons. The quantitative estimate of drug-likeness (QED) is 0.337. The minimum atomic E-state index is -0.750. The molecule has 1 aliphatic rings. The lowest BCUT2D eigenvalue weighted by Crippen LogP contribution is -2.29. The van der Waals surface area contributed by atoms with Gasteiger partial charge in [0.15, 0.2) is 0 Å². The minimum absolute atomic E-state index is 0.203. The molecule has 1 atom stereocenters. The zero-order valence-corrected chi connectivity index (χ0v) is 12.7. The van der Waals surface area contributed by atoms with Crippen molar-refractivity contribution in [3.05, 3.63) is 23.3 Å². The first kappa shape index (κ1) is 16.6. The molecule has 0 bridgehead atoms. The molecule has 20 heavy (non-hydrogen) atoms. The van der Waals surface area contributed by atoms with Crippen molar-refractivity contribution in [2.24, 2.45) is 0 Å². The van der Waals surface area contributed by atoms with Crippen LogP contribution in [0.2, 0.25) is 0 Å². The molecule has 0 aromatic heterocycles. The average molecular weight is 279 g/mol. The van der Waals surface area contributed by atoms with Crippen LogP contribution in [0.5, 0.6) is 0 Å². The second kappa shape index (κ2) is 8.69. The molecule has 0 radical (unpaired) electrons. The molecule has 0 aliphatic carbocycles. The lowest BCUT2D eigenvalue weighted by molar-refractivity contribution is -0.152. The predicted octanol–water partition coefficient (Wildman–Crippen LogP) is 2.54. The van der Waals surface area contributed by atoms with Gasteiger partial charge in [0.2, 0.25) is 0 Å². The monoisotopic (exact) mass is 279 g/mol. The van der Waals surface area contributed by atoms with E-state index < -0.39 is 11.8 Å². The van der Waals surface area contributed by atoms with Gasteiger partial charge < -0.3 is 10.1 Å². The predicted molar refractivity (Wildman–Crippen MR) is 79.4 cm³/mol. The number of esters is 1. The van der Waals surface area contributed by atoms with Crippen molar-refractivity contribution in [1.82, 2.24) is 5.32 Å². The second-order valence-corrected chi connectivity index (χ2v) is 5.57. The molecule has 4 nitrogen and oxygen atoms in total. The maximum absolute atomic E-state index is 11.7. The molecule has 1 fully saturated rings. The Balaban J connectivity index is 2.31.